The van der Waals surface area contributed by atoms with Gasteiger partial charge in [-0.15, -0.1) is 0 Å². The lowest BCUT2D eigenvalue weighted by atomic mass is 9.87. The average molecular weight is 190 g/mol. The molecule has 76 valence electrons. The second-order valence-electron chi connectivity index (χ2n) is 3.95. The first-order chi connectivity index (χ1) is 6.01. The van der Waals surface area contributed by atoms with Crippen LogP contribution in [0.15, 0.2) is 0 Å². The molecular formula is C10H16F2O. The van der Waals surface area contributed by atoms with Gasteiger partial charge in [-0.05, 0) is 32.6 Å². The highest BCUT2D eigenvalue weighted by Gasteiger charge is 2.31. The van der Waals surface area contributed by atoms with Gasteiger partial charge < -0.3 is 0 Å². The summed E-state index contributed by atoms with van der Waals surface area (Å²) in [7, 11) is 0. The number of hydrogen-bond acceptors (Lipinski definition) is 1. The van der Waals surface area contributed by atoms with Crippen LogP contribution in [-0.2, 0) is 4.79 Å². The number of ketones is 1. The summed E-state index contributed by atoms with van der Waals surface area (Å²) >= 11 is 0. The van der Waals surface area contributed by atoms with Gasteiger partial charge in [-0.1, -0.05) is 0 Å². The average Bonchev–Trinajstić information content (AvgIpc) is 1.97. The van der Waals surface area contributed by atoms with E-state index in [1.165, 1.54) is 0 Å². The van der Waals surface area contributed by atoms with Gasteiger partial charge in [0.1, 0.15) is 5.78 Å². The number of rotatable bonds is 1. The van der Waals surface area contributed by atoms with Crippen molar-refractivity contribution >= 4 is 5.78 Å². The Balaban J connectivity index is 2.44. The van der Waals surface area contributed by atoms with Gasteiger partial charge in [0.15, 0.2) is 0 Å². The van der Waals surface area contributed by atoms with Crippen LogP contribution in [-0.4, -0.2) is 11.7 Å². The van der Waals surface area contributed by atoms with Gasteiger partial charge >= 0.3 is 0 Å². The van der Waals surface area contributed by atoms with Crippen LogP contribution in [0, 0.1) is 5.92 Å². The van der Waals surface area contributed by atoms with Crippen molar-refractivity contribution in [1.29, 1.82) is 0 Å². The van der Waals surface area contributed by atoms with Crippen molar-refractivity contribution in [2.75, 3.05) is 0 Å². The van der Waals surface area contributed by atoms with E-state index in [1.807, 2.05) is 0 Å². The summed E-state index contributed by atoms with van der Waals surface area (Å²) in [6, 6.07) is 0. The fourth-order valence-corrected chi connectivity index (χ4v) is 1.89. The number of hydrogen-bond donors (Lipinski definition) is 0. The normalized spacial score (nSPS) is 24.8. The van der Waals surface area contributed by atoms with Gasteiger partial charge in [-0.3, -0.25) is 4.79 Å². The smallest absolute Gasteiger partial charge is 0.248 e. The van der Waals surface area contributed by atoms with E-state index in [0.717, 1.165) is 0 Å². The summed E-state index contributed by atoms with van der Waals surface area (Å²) in [4.78, 5) is 11.0. The van der Waals surface area contributed by atoms with Crippen molar-refractivity contribution in [3.63, 3.8) is 0 Å². The Hall–Kier alpha value is -0.470. The minimum Gasteiger partial charge on any atom is -0.300 e. The van der Waals surface area contributed by atoms with Crippen LogP contribution in [0.4, 0.5) is 8.78 Å². The van der Waals surface area contributed by atoms with E-state index in [0.29, 0.717) is 25.7 Å². The van der Waals surface area contributed by atoms with Crippen LogP contribution < -0.4 is 0 Å². The molecular weight excluding hydrogens is 174 g/mol. The second kappa shape index (κ2) is 4.16. The van der Waals surface area contributed by atoms with E-state index in [1.54, 1.807) is 6.92 Å². The predicted octanol–water partition coefficient (Wildman–Crippen LogP) is 3.18. The summed E-state index contributed by atoms with van der Waals surface area (Å²) in [6.07, 6.45) is 2.16. The minimum absolute atomic E-state index is 0.0381. The van der Waals surface area contributed by atoms with E-state index in [-0.39, 0.29) is 24.5 Å². The number of carbonyl (C=O) groups excluding carboxylic acids is 1. The monoisotopic (exact) mass is 190 g/mol. The summed E-state index contributed by atoms with van der Waals surface area (Å²) in [5.41, 5.74) is 0. The molecule has 0 atom stereocenters. The standard InChI is InChI=1S/C10H16F2O/c1-8(13)9-4-2-6-10(11,12)7-3-5-9/h9H,2-7H2,1H3. The Bertz CT molecular complexity index is 177. The number of carbonyl (C=O) groups is 1. The minimum atomic E-state index is -2.48. The van der Waals surface area contributed by atoms with Crippen molar-refractivity contribution < 1.29 is 13.6 Å². The fourth-order valence-electron chi connectivity index (χ4n) is 1.89. The fraction of sp³-hybridized carbons (Fsp3) is 0.900. The predicted molar refractivity (Wildman–Crippen MR) is 46.8 cm³/mol. The maximum absolute atomic E-state index is 12.9. The lowest BCUT2D eigenvalue weighted by molar-refractivity contribution is -0.122. The van der Waals surface area contributed by atoms with E-state index in [2.05, 4.69) is 0 Å². The molecule has 3 heteroatoms. The quantitative estimate of drug-likeness (QED) is 0.620. The third-order valence-corrected chi connectivity index (χ3v) is 2.77. The first-order valence-corrected chi connectivity index (χ1v) is 4.89. The third kappa shape index (κ3) is 3.41. The van der Waals surface area contributed by atoms with Crippen molar-refractivity contribution in [2.24, 2.45) is 5.92 Å². The van der Waals surface area contributed by atoms with Gasteiger partial charge in [0.05, 0.1) is 0 Å². The SMILES string of the molecule is CC(=O)C1CCCC(F)(F)CCC1. The molecule has 1 aliphatic carbocycles. The van der Waals surface area contributed by atoms with Crippen molar-refractivity contribution in [1.82, 2.24) is 0 Å². The molecule has 0 aromatic heterocycles. The topological polar surface area (TPSA) is 17.1 Å². The summed E-state index contributed by atoms with van der Waals surface area (Å²) in [5, 5.41) is 0. The van der Waals surface area contributed by atoms with E-state index in [9.17, 15) is 13.6 Å². The highest BCUT2D eigenvalue weighted by atomic mass is 19.3. The van der Waals surface area contributed by atoms with Crippen molar-refractivity contribution in [2.45, 2.75) is 51.4 Å². The number of Topliss-reactive ketones (excluding diaryl/α,β-unsaturated/α-hetero) is 1. The Labute approximate surface area is 77.5 Å². The largest absolute Gasteiger partial charge is 0.300 e. The lowest BCUT2D eigenvalue weighted by Crippen LogP contribution is -2.21. The van der Waals surface area contributed by atoms with Crippen LogP contribution in [0.1, 0.15) is 45.4 Å². The zero-order chi connectivity index (χ0) is 9.90. The van der Waals surface area contributed by atoms with Crippen LogP contribution >= 0.6 is 0 Å². The van der Waals surface area contributed by atoms with E-state index in [4.69, 9.17) is 0 Å². The summed E-state index contributed by atoms with van der Waals surface area (Å²) in [6.45, 7) is 1.56. The van der Waals surface area contributed by atoms with Gasteiger partial charge in [0.25, 0.3) is 0 Å². The highest BCUT2D eigenvalue weighted by Crippen LogP contribution is 2.33. The maximum Gasteiger partial charge on any atom is 0.248 e. The van der Waals surface area contributed by atoms with E-state index >= 15 is 0 Å². The molecule has 0 unspecified atom stereocenters. The van der Waals surface area contributed by atoms with Crippen LogP contribution in [0.3, 0.4) is 0 Å². The molecule has 1 nitrogen and oxygen atoms in total. The molecule has 0 bridgehead atoms. The maximum atomic E-state index is 12.9. The number of halogens is 2. The summed E-state index contributed by atoms with van der Waals surface area (Å²) in [5.74, 6) is -2.29. The lowest BCUT2D eigenvalue weighted by Gasteiger charge is -2.22. The first kappa shape index (κ1) is 10.6. The molecule has 0 aromatic rings. The molecule has 0 amide bonds. The third-order valence-electron chi connectivity index (χ3n) is 2.77. The van der Waals surface area contributed by atoms with Crippen LogP contribution in [0.25, 0.3) is 0 Å². The van der Waals surface area contributed by atoms with Gasteiger partial charge in [-0.25, -0.2) is 8.78 Å². The zero-order valence-electron chi connectivity index (χ0n) is 7.98. The van der Waals surface area contributed by atoms with Gasteiger partial charge in [0.2, 0.25) is 5.92 Å². The Morgan fingerprint density at radius 3 is 2.08 bits per heavy atom. The molecule has 1 rings (SSSR count). The Morgan fingerprint density at radius 1 is 1.23 bits per heavy atom. The van der Waals surface area contributed by atoms with Gasteiger partial charge in [0, 0.05) is 18.8 Å². The molecule has 1 fully saturated rings. The molecule has 0 saturated heterocycles. The van der Waals surface area contributed by atoms with Crippen LogP contribution in [0.2, 0.25) is 0 Å². The van der Waals surface area contributed by atoms with Crippen molar-refractivity contribution in [3.8, 4) is 0 Å². The highest BCUT2D eigenvalue weighted by molar-refractivity contribution is 5.78. The Kier molecular flexibility index (Phi) is 3.40. The summed E-state index contributed by atoms with van der Waals surface area (Å²) < 4.78 is 25.8. The second-order valence-corrected chi connectivity index (χ2v) is 3.95. The molecule has 0 spiro atoms. The first-order valence-electron chi connectivity index (χ1n) is 4.89. The zero-order valence-corrected chi connectivity index (χ0v) is 7.98. The molecule has 1 aliphatic rings. The number of alkyl halides is 2. The molecule has 1 saturated carbocycles. The van der Waals surface area contributed by atoms with Crippen LogP contribution in [0.5, 0.6) is 0 Å². The Morgan fingerprint density at radius 2 is 1.69 bits per heavy atom. The van der Waals surface area contributed by atoms with Gasteiger partial charge in [-0.2, -0.15) is 0 Å². The molecule has 0 heterocycles. The molecule has 0 aromatic carbocycles. The van der Waals surface area contributed by atoms with E-state index < -0.39 is 5.92 Å². The molecule has 0 N–H and O–H groups in total. The molecule has 0 radical (unpaired) electrons. The van der Waals surface area contributed by atoms with Crippen molar-refractivity contribution in [3.05, 3.63) is 0 Å². The molecule has 13 heavy (non-hydrogen) atoms. The molecule has 0 aliphatic heterocycles.